The molecule has 0 fully saturated rings. The summed E-state index contributed by atoms with van der Waals surface area (Å²) in [4.78, 5) is 0. The molecule has 0 saturated carbocycles. The molecule has 0 bridgehead atoms. The second-order valence-corrected chi connectivity index (χ2v) is 2.96. The van der Waals surface area contributed by atoms with Gasteiger partial charge < -0.3 is 4.42 Å². The molecular formula is C9H7ClO. The number of furan rings is 1. The van der Waals surface area contributed by atoms with Crippen molar-refractivity contribution >= 4 is 22.6 Å². The number of halogens is 1. The number of fused-ring (bicyclic) bond motifs is 1. The number of aryl methyl sites for hydroxylation is 1. The summed E-state index contributed by atoms with van der Waals surface area (Å²) in [5.41, 5.74) is 2.04. The molecule has 0 saturated heterocycles. The van der Waals surface area contributed by atoms with Crippen LogP contribution in [0.1, 0.15) is 5.56 Å². The van der Waals surface area contributed by atoms with Crippen molar-refractivity contribution in [2.24, 2.45) is 0 Å². The van der Waals surface area contributed by atoms with E-state index in [1.165, 1.54) is 5.56 Å². The van der Waals surface area contributed by atoms with Gasteiger partial charge in [-0.1, -0.05) is 12.1 Å². The van der Waals surface area contributed by atoms with Crippen molar-refractivity contribution in [3.63, 3.8) is 0 Å². The van der Waals surface area contributed by atoms with Crippen LogP contribution in [0.15, 0.2) is 28.7 Å². The molecule has 1 nitrogen and oxygen atoms in total. The number of benzene rings is 1. The first-order valence-corrected chi connectivity index (χ1v) is 3.79. The molecular weight excluding hydrogens is 160 g/mol. The molecule has 0 aliphatic rings. The highest BCUT2D eigenvalue weighted by Gasteiger charge is 1.99. The van der Waals surface area contributed by atoms with Crippen LogP contribution in [0.25, 0.3) is 11.0 Å². The molecule has 0 atom stereocenters. The fraction of sp³-hybridized carbons (Fsp3) is 0.111. The molecule has 0 amide bonds. The molecule has 0 spiro atoms. The topological polar surface area (TPSA) is 13.1 Å². The predicted molar refractivity (Wildman–Crippen MR) is 46.0 cm³/mol. The van der Waals surface area contributed by atoms with E-state index in [1.54, 1.807) is 0 Å². The van der Waals surface area contributed by atoms with E-state index in [2.05, 4.69) is 0 Å². The molecule has 1 heterocycles. The summed E-state index contributed by atoms with van der Waals surface area (Å²) in [7, 11) is 0. The van der Waals surface area contributed by atoms with Crippen LogP contribution in [-0.2, 0) is 0 Å². The first-order chi connectivity index (χ1) is 5.25. The molecule has 0 N–H and O–H groups in total. The van der Waals surface area contributed by atoms with E-state index in [4.69, 9.17) is 16.0 Å². The van der Waals surface area contributed by atoms with Gasteiger partial charge in [0.1, 0.15) is 5.58 Å². The normalized spacial score (nSPS) is 10.7. The van der Waals surface area contributed by atoms with E-state index in [0.29, 0.717) is 5.22 Å². The van der Waals surface area contributed by atoms with Crippen LogP contribution >= 0.6 is 11.6 Å². The molecule has 11 heavy (non-hydrogen) atoms. The molecule has 1 aromatic carbocycles. The molecule has 1 aromatic heterocycles. The SMILES string of the molecule is Cc1ccc2cc(Cl)oc2c1. The maximum absolute atomic E-state index is 5.67. The van der Waals surface area contributed by atoms with Crippen LogP contribution in [-0.4, -0.2) is 0 Å². The van der Waals surface area contributed by atoms with Crippen LogP contribution < -0.4 is 0 Å². The third kappa shape index (κ3) is 1.12. The Morgan fingerprint density at radius 1 is 1.27 bits per heavy atom. The summed E-state index contributed by atoms with van der Waals surface area (Å²) in [5.74, 6) is 0. The van der Waals surface area contributed by atoms with Gasteiger partial charge in [0.25, 0.3) is 0 Å². The lowest BCUT2D eigenvalue weighted by Gasteiger charge is -1.89. The van der Waals surface area contributed by atoms with E-state index >= 15 is 0 Å². The van der Waals surface area contributed by atoms with E-state index in [1.807, 2.05) is 31.2 Å². The van der Waals surface area contributed by atoms with Crippen molar-refractivity contribution in [2.45, 2.75) is 6.92 Å². The average molecular weight is 167 g/mol. The lowest BCUT2D eigenvalue weighted by atomic mass is 10.2. The van der Waals surface area contributed by atoms with Crippen LogP contribution in [0.5, 0.6) is 0 Å². The Balaban J connectivity index is 2.82. The Labute approximate surface area is 69.6 Å². The fourth-order valence-electron chi connectivity index (χ4n) is 1.11. The van der Waals surface area contributed by atoms with Gasteiger partial charge in [0.05, 0.1) is 0 Å². The molecule has 2 rings (SSSR count). The van der Waals surface area contributed by atoms with Gasteiger partial charge >= 0.3 is 0 Å². The minimum atomic E-state index is 0.450. The summed E-state index contributed by atoms with van der Waals surface area (Å²) in [5, 5.41) is 1.51. The van der Waals surface area contributed by atoms with Crippen LogP contribution in [0.4, 0.5) is 0 Å². The standard InChI is InChI=1S/C9H7ClO/c1-6-2-3-7-5-9(10)11-8(7)4-6/h2-5H,1H3. The molecule has 0 aliphatic carbocycles. The smallest absolute Gasteiger partial charge is 0.194 e. The van der Waals surface area contributed by atoms with Crippen molar-refractivity contribution in [3.05, 3.63) is 35.0 Å². The first-order valence-electron chi connectivity index (χ1n) is 3.41. The first kappa shape index (κ1) is 6.74. The third-order valence-corrected chi connectivity index (χ3v) is 1.83. The van der Waals surface area contributed by atoms with Crippen LogP contribution in [0, 0.1) is 6.92 Å². The van der Waals surface area contributed by atoms with Gasteiger partial charge in [-0.25, -0.2) is 0 Å². The Morgan fingerprint density at radius 3 is 2.91 bits per heavy atom. The van der Waals surface area contributed by atoms with Crippen LogP contribution in [0.2, 0.25) is 5.22 Å². The predicted octanol–water partition coefficient (Wildman–Crippen LogP) is 3.39. The van der Waals surface area contributed by atoms with Crippen molar-refractivity contribution in [3.8, 4) is 0 Å². The van der Waals surface area contributed by atoms with E-state index in [0.717, 1.165) is 11.0 Å². The summed E-state index contributed by atoms with van der Waals surface area (Å²) < 4.78 is 5.21. The Kier molecular flexibility index (Phi) is 1.40. The minimum absolute atomic E-state index is 0.450. The van der Waals surface area contributed by atoms with E-state index in [-0.39, 0.29) is 0 Å². The minimum Gasteiger partial charge on any atom is -0.445 e. The second kappa shape index (κ2) is 2.28. The van der Waals surface area contributed by atoms with Crippen molar-refractivity contribution in [1.82, 2.24) is 0 Å². The quantitative estimate of drug-likeness (QED) is 0.585. The summed E-state index contributed by atoms with van der Waals surface area (Å²) >= 11 is 5.67. The molecule has 56 valence electrons. The lowest BCUT2D eigenvalue weighted by Crippen LogP contribution is -1.67. The van der Waals surface area contributed by atoms with Crippen molar-refractivity contribution < 1.29 is 4.42 Å². The van der Waals surface area contributed by atoms with Gasteiger partial charge in [-0.05, 0) is 30.2 Å². The number of hydrogen-bond acceptors (Lipinski definition) is 1. The lowest BCUT2D eigenvalue weighted by molar-refractivity contribution is 0.617. The van der Waals surface area contributed by atoms with E-state index in [9.17, 15) is 0 Å². The van der Waals surface area contributed by atoms with Gasteiger partial charge in [-0.3, -0.25) is 0 Å². The largest absolute Gasteiger partial charge is 0.445 e. The van der Waals surface area contributed by atoms with Gasteiger partial charge in [-0.15, -0.1) is 0 Å². The molecule has 0 unspecified atom stereocenters. The summed E-state index contributed by atoms with van der Waals surface area (Å²) in [6, 6.07) is 7.83. The molecule has 0 aliphatic heterocycles. The Morgan fingerprint density at radius 2 is 2.09 bits per heavy atom. The molecule has 2 aromatic rings. The highest BCUT2D eigenvalue weighted by Crippen LogP contribution is 2.23. The zero-order chi connectivity index (χ0) is 7.84. The highest BCUT2D eigenvalue weighted by atomic mass is 35.5. The average Bonchev–Trinajstić information content (AvgIpc) is 2.27. The zero-order valence-electron chi connectivity index (χ0n) is 6.10. The van der Waals surface area contributed by atoms with Gasteiger partial charge in [0.2, 0.25) is 0 Å². The third-order valence-electron chi connectivity index (χ3n) is 1.65. The van der Waals surface area contributed by atoms with E-state index < -0.39 is 0 Å². The van der Waals surface area contributed by atoms with Crippen molar-refractivity contribution in [2.75, 3.05) is 0 Å². The second-order valence-electron chi connectivity index (χ2n) is 2.59. The maximum atomic E-state index is 5.67. The van der Waals surface area contributed by atoms with Gasteiger partial charge in [0.15, 0.2) is 5.22 Å². The Hall–Kier alpha value is -0.950. The van der Waals surface area contributed by atoms with Crippen LogP contribution in [0.3, 0.4) is 0 Å². The van der Waals surface area contributed by atoms with Gasteiger partial charge in [0, 0.05) is 11.5 Å². The van der Waals surface area contributed by atoms with Gasteiger partial charge in [-0.2, -0.15) is 0 Å². The highest BCUT2D eigenvalue weighted by molar-refractivity contribution is 6.29. The molecule has 0 radical (unpaired) electrons. The van der Waals surface area contributed by atoms with Crippen molar-refractivity contribution in [1.29, 1.82) is 0 Å². The zero-order valence-corrected chi connectivity index (χ0v) is 6.85. The summed E-state index contributed by atoms with van der Waals surface area (Å²) in [6.45, 7) is 2.02. The number of hydrogen-bond donors (Lipinski definition) is 0. The fourth-order valence-corrected chi connectivity index (χ4v) is 1.31. The Bertz CT molecular complexity index is 389. The molecule has 2 heteroatoms. The number of rotatable bonds is 0. The monoisotopic (exact) mass is 166 g/mol. The summed E-state index contributed by atoms with van der Waals surface area (Å²) in [6.07, 6.45) is 0. The maximum Gasteiger partial charge on any atom is 0.194 e.